The smallest absolute Gasteiger partial charge is 0.0635 e. The van der Waals surface area contributed by atoms with Crippen LogP contribution in [-0.4, -0.2) is 38.3 Å². The van der Waals surface area contributed by atoms with Crippen molar-refractivity contribution in [1.82, 2.24) is 4.90 Å². The zero-order valence-electron chi connectivity index (χ0n) is 10.3. The molecule has 0 saturated carbocycles. The Kier molecular flexibility index (Phi) is 9.55. The van der Waals surface area contributed by atoms with Gasteiger partial charge in [0.05, 0.1) is 6.07 Å². The number of nitriles is 1. The minimum absolute atomic E-state index is 0.636. The van der Waals surface area contributed by atoms with E-state index < -0.39 is 0 Å². The van der Waals surface area contributed by atoms with Gasteiger partial charge < -0.3 is 9.64 Å². The van der Waals surface area contributed by atoms with E-state index in [4.69, 9.17) is 10.00 Å². The molecule has 0 atom stereocenters. The van der Waals surface area contributed by atoms with Crippen molar-refractivity contribution in [2.75, 3.05) is 33.4 Å². The number of rotatable bonds is 9. The Balaban J connectivity index is 3.65. The molecule has 0 heterocycles. The zero-order chi connectivity index (χ0) is 11.5. The average Bonchev–Trinajstić information content (AvgIpc) is 2.19. The van der Waals surface area contributed by atoms with Gasteiger partial charge in [-0.05, 0) is 25.3 Å². The zero-order valence-corrected chi connectivity index (χ0v) is 10.3. The van der Waals surface area contributed by atoms with Crippen molar-refractivity contribution in [3.63, 3.8) is 0 Å². The standard InChI is InChI=1S/C12H24N2O/c1-12(2)11-14(9-6-7-13)8-4-5-10-15-3/h12H,4-6,8-11H2,1-3H3. The summed E-state index contributed by atoms with van der Waals surface area (Å²) in [4.78, 5) is 2.38. The summed E-state index contributed by atoms with van der Waals surface area (Å²) in [5.41, 5.74) is 0. The first-order chi connectivity index (χ1) is 7.20. The van der Waals surface area contributed by atoms with Gasteiger partial charge in [-0.15, -0.1) is 0 Å². The fourth-order valence-corrected chi connectivity index (χ4v) is 1.60. The molecule has 0 N–H and O–H groups in total. The Morgan fingerprint density at radius 2 is 2.00 bits per heavy atom. The van der Waals surface area contributed by atoms with Gasteiger partial charge in [0.15, 0.2) is 0 Å². The van der Waals surface area contributed by atoms with Gasteiger partial charge in [0.2, 0.25) is 0 Å². The van der Waals surface area contributed by atoms with Crippen LogP contribution in [0.25, 0.3) is 0 Å². The molecule has 0 spiro atoms. The van der Waals surface area contributed by atoms with E-state index in [0.717, 1.165) is 39.1 Å². The second-order valence-corrected chi connectivity index (χ2v) is 4.30. The van der Waals surface area contributed by atoms with Crippen molar-refractivity contribution in [3.05, 3.63) is 0 Å². The molecule has 0 aromatic rings. The Labute approximate surface area is 94.0 Å². The van der Waals surface area contributed by atoms with Crippen molar-refractivity contribution < 1.29 is 4.74 Å². The summed E-state index contributed by atoms with van der Waals surface area (Å²) in [6.45, 7) is 8.36. The molecule has 0 aliphatic carbocycles. The largest absolute Gasteiger partial charge is 0.385 e. The highest BCUT2D eigenvalue weighted by atomic mass is 16.5. The van der Waals surface area contributed by atoms with Gasteiger partial charge in [0.25, 0.3) is 0 Å². The molecule has 15 heavy (non-hydrogen) atoms. The molecular formula is C12H24N2O. The molecule has 0 aliphatic heterocycles. The van der Waals surface area contributed by atoms with Gasteiger partial charge in [0.1, 0.15) is 0 Å². The summed E-state index contributed by atoms with van der Waals surface area (Å²) in [6, 6.07) is 2.21. The van der Waals surface area contributed by atoms with E-state index >= 15 is 0 Å². The van der Waals surface area contributed by atoms with E-state index in [1.54, 1.807) is 7.11 Å². The van der Waals surface area contributed by atoms with Crippen molar-refractivity contribution in [3.8, 4) is 6.07 Å². The summed E-state index contributed by atoms with van der Waals surface area (Å²) < 4.78 is 5.02. The second-order valence-electron chi connectivity index (χ2n) is 4.30. The minimum atomic E-state index is 0.636. The topological polar surface area (TPSA) is 36.3 Å². The molecule has 3 nitrogen and oxygen atoms in total. The molecule has 0 fully saturated rings. The van der Waals surface area contributed by atoms with Gasteiger partial charge in [-0.1, -0.05) is 13.8 Å². The molecule has 0 unspecified atom stereocenters. The summed E-state index contributed by atoms with van der Waals surface area (Å²) in [5, 5.41) is 8.56. The first-order valence-electron chi connectivity index (χ1n) is 5.79. The fourth-order valence-electron chi connectivity index (χ4n) is 1.60. The quantitative estimate of drug-likeness (QED) is 0.550. The van der Waals surface area contributed by atoms with Gasteiger partial charge >= 0.3 is 0 Å². The lowest BCUT2D eigenvalue weighted by Gasteiger charge is -2.22. The van der Waals surface area contributed by atoms with Crippen LogP contribution in [0.1, 0.15) is 33.1 Å². The lowest BCUT2D eigenvalue weighted by Crippen LogP contribution is -2.30. The highest BCUT2D eigenvalue weighted by Crippen LogP contribution is 2.02. The van der Waals surface area contributed by atoms with E-state index in [1.165, 1.54) is 0 Å². The number of hydrogen-bond donors (Lipinski definition) is 0. The van der Waals surface area contributed by atoms with Crippen molar-refractivity contribution in [2.24, 2.45) is 5.92 Å². The van der Waals surface area contributed by atoms with E-state index in [9.17, 15) is 0 Å². The Morgan fingerprint density at radius 3 is 2.53 bits per heavy atom. The van der Waals surface area contributed by atoms with E-state index in [-0.39, 0.29) is 0 Å². The highest BCUT2D eigenvalue weighted by Gasteiger charge is 2.06. The molecule has 0 aromatic heterocycles. The third-order valence-corrected chi connectivity index (χ3v) is 2.24. The average molecular weight is 212 g/mol. The van der Waals surface area contributed by atoms with Crippen LogP contribution in [0, 0.1) is 17.2 Å². The van der Waals surface area contributed by atoms with Crippen LogP contribution in [0.15, 0.2) is 0 Å². The molecule has 0 amide bonds. The Morgan fingerprint density at radius 1 is 1.27 bits per heavy atom. The van der Waals surface area contributed by atoms with Crippen molar-refractivity contribution in [1.29, 1.82) is 5.26 Å². The number of nitrogens with zero attached hydrogens (tertiary/aromatic N) is 2. The van der Waals surface area contributed by atoms with E-state index in [2.05, 4.69) is 24.8 Å². The maximum absolute atomic E-state index is 8.56. The van der Waals surface area contributed by atoms with Crippen molar-refractivity contribution in [2.45, 2.75) is 33.1 Å². The van der Waals surface area contributed by atoms with Crippen LogP contribution < -0.4 is 0 Å². The number of hydrogen-bond acceptors (Lipinski definition) is 3. The van der Waals surface area contributed by atoms with Gasteiger partial charge in [-0.3, -0.25) is 0 Å². The molecule has 0 radical (unpaired) electrons. The van der Waals surface area contributed by atoms with E-state index in [1.807, 2.05) is 0 Å². The first-order valence-corrected chi connectivity index (χ1v) is 5.79. The fraction of sp³-hybridized carbons (Fsp3) is 0.917. The Hall–Kier alpha value is -0.590. The first kappa shape index (κ1) is 14.4. The maximum atomic E-state index is 8.56. The molecule has 0 rings (SSSR count). The second kappa shape index (κ2) is 9.95. The third kappa shape index (κ3) is 9.71. The lowest BCUT2D eigenvalue weighted by molar-refractivity contribution is 0.181. The summed E-state index contributed by atoms with van der Waals surface area (Å²) in [5.74, 6) is 0.672. The summed E-state index contributed by atoms with van der Waals surface area (Å²) in [7, 11) is 1.74. The maximum Gasteiger partial charge on any atom is 0.0635 e. The monoisotopic (exact) mass is 212 g/mol. The number of unbranched alkanes of at least 4 members (excludes halogenated alkanes) is 1. The minimum Gasteiger partial charge on any atom is -0.385 e. The SMILES string of the molecule is COCCCCN(CCC#N)CC(C)C. The van der Waals surface area contributed by atoms with E-state index in [0.29, 0.717) is 12.3 Å². The van der Waals surface area contributed by atoms with Crippen LogP contribution in [0.3, 0.4) is 0 Å². The molecule has 3 heteroatoms. The lowest BCUT2D eigenvalue weighted by atomic mass is 10.2. The van der Waals surface area contributed by atoms with Gasteiger partial charge in [-0.2, -0.15) is 5.26 Å². The highest BCUT2D eigenvalue weighted by molar-refractivity contribution is 4.72. The molecular weight excluding hydrogens is 188 g/mol. The van der Waals surface area contributed by atoms with Crippen LogP contribution in [0.5, 0.6) is 0 Å². The number of methoxy groups -OCH3 is 1. The predicted molar refractivity (Wildman–Crippen MR) is 62.6 cm³/mol. The van der Waals surface area contributed by atoms with Crippen LogP contribution in [0.2, 0.25) is 0 Å². The molecule has 0 saturated heterocycles. The number of ether oxygens (including phenoxy) is 1. The molecule has 0 aromatic carbocycles. The summed E-state index contributed by atoms with van der Waals surface area (Å²) in [6.07, 6.45) is 2.90. The molecule has 0 bridgehead atoms. The summed E-state index contributed by atoms with van der Waals surface area (Å²) >= 11 is 0. The van der Waals surface area contributed by atoms with Crippen LogP contribution in [0.4, 0.5) is 0 Å². The van der Waals surface area contributed by atoms with Gasteiger partial charge in [-0.25, -0.2) is 0 Å². The normalized spacial score (nSPS) is 10.9. The van der Waals surface area contributed by atoms with Crippen molar-refractivity contribution >= 4 is 0 Å². The predicted octanol–water partition coefficient (Wildman–Crippen LogP) is 2.28. The van der Waals surface area contributed by atoms with Gasteiger partial charge in [0, 0.05) is 33.2 Å². The Bertz CT molecular complexity index is 175. The molecule has 0 aliphatic rings. The van der Waals surface area contributed by atoms with Crippen LogP contribution >= 0.6 is 0 Å². The third-order valence-electron chi connectivity index (χ3n) is 2.24. The molecule has 88 valence electrons. The van der Waals surface area contributed by atoms with Crippen LogP contribution in [-0.2, 0) is 4.74 Å².